The molecule has 0 radical (unpaired) electrons. The van der Waals surface area contributed by atoms with Crippen LogP contribution in [0.1, 0.15) is 5.69 Å². The lowest BCUT2D eigenvalue weighted by Crippen LogP contribution is -1.84. The van der Waals surface area contributed by atoms with Gasteiger partial charge in [0.15, 0.2) is 0 Å². The van der Waals surface area contributed by atoms with Crippen LogP contribution in [-0.2, 0) is 6.61 Å². The van der Waals surface area contributed by atoms with Gasteiger partial charge in [0, 0.05) is 15.1 Å². The number of imidazole rings is 1. The van der Waals surface area contributed by atoms with Crippen LogP contribution in [0.3, 0.4) is 0 Å². The number of aromatic amines is 1. The number of benzene rings is 1. The largest absolute Gasteiger partial charge is 0.390 e. The van der Waals surface area contributed by atoms with Crippen molar-refractivity contribution < 1.29 is 5.11 Å². The summed E-state index contributed by atoms with van der Waals surface area (Å²) >= 11 is 9.31. The van der Waals surface area contributed by atoms with Crippen molar-refractivity contribution in [3.63, 3.8) is 0 Å². The van der Waals surface area contributed by atoms with Gasteiger partial charge in [-0.05, 0) is 18.2 Å². The minimum atomic E-state index is -0.0504. The minimum absolute atomic E-state index is 0.0504. The highest BCUT2D eigenvalue weighted by atomic mass is 79.9. The Morgan fingerprint density at radius 2 is 2.27 bits per heavy atom. The minimum Gasteiger partial charge on any atom is -0.390 e. The summed E-state index contributed by atoms with van der Waals surface area (Å²) in [5.74, 6) is 0.688. The van der Waals surface area contributed by atoms with Crippen LogP contribution >= 0.6 is 27.5 Å². The van der Waals surface area contributed by atoms with Crippen molar-refractivity contribution in [1.29, 1.82) is 0 Å². The quantitative estimate of drug-likeness (QED) is 0.892. The Balaban J connectivity index is 2.48. The van der Waals surface area contributed by atoms with E-state index in [1.165, 1.54) is 0 Å². The second-order valence-electron chi connectivity index (χ2n) is 3.04. The van der Waals surface area contributed by atoms with Crippen LogP contribution in [0.5, 0.6) is 0 Å². The van der Waals surface area contributed by atoms with Crippen LogP contribution in [0.2, 0.25) is 5.02 Å². The second kappa shape index (κ2) is 4.35. The lowest BCUT2D eigenvalue weighted by Gasteiger charge is -2.01. The first-order valence-electron chi connectivity index (χ1n) is 4.31. The summed E-state index contributed by atoms with van der Waals surface area (Å²) in [6.45, 7) is -0.0504. The summed E-state index contributed by atoms with van der Waals surface area (Å²) in [7, 11) is 0. The topological polar surface area (TPSA) is 48.9 Å². The van der Waals surface area contributed by atoms with Crippen LogP contribution in [0, 0.1) is 0 Å². The highest BCUT2D eigenvalue weighted by molar-refractivity contribution is 9.10. The number of aromatic nitrogens is 2. The Morgan fingerprint density at radius 3 is 2.93 bits per heavy atom. The van der Waals surface area contributed by atoms with Gasteiger partial charge < -0.3 is 10.1 Å². The van der Waals surface area contributed by atoms with E-state index in [-0.39, 0.29) is 6.61 Å². The average Bonchev–Trinajstić information content (AvgIpc) is 2.70. The molecule has 2 N–H and O–H groups in total. The van der Waals surface area contributed by atoms with Crippen LogP contribution in [0.15, 0.2) is 28.9 Å². The Bertz CT molecular complexity index is 484. The Kier molecular flexibility index (Phi) is 3.09. The number of H-pyrrole nitrogens is 1. The fourth-order valence-electron chi connectivity index (χ4n) is 1.26. The predicted molar refractivity (Wildman–Crippen MR) is 62.7 cm³/mol. The van der Waals surface area contributed by atoms with E-state index in [9.17, 15) is 0 Å². The van der Waals surface area contributed by atoms with Crippen molar-refractivity contribution >= 4 is 27.5 Å². The molecule has 0 unspecified atom stereocenters. The van der Waals surface area contributed by atoms with E-state index in [2.05, 4.69) is 25.9 Å². The van der Waals surface area contributed by atoms with Gasteiger partial charge in [-0.15, -0.1) is 0 Å². The molecule has 78 valence electrons. The Morgan fingerprint density at radius 1 is 1.47 bits per heavy atom. The van der Waals surface area contributed by atoms with Crippen molar-refractivity contribution in [3.8, 4) is 11.4 Å². The zero-order valence-corrected chi connectivity index (χ0v) is 10.0. The molecule has 1 aromatic carbocycles. The molecular weight excluding hydrogens is 279 g/mol. The maximum Gasteiger partial charge on any atom is 0.138 e. The molecule has 0 spiro atoms. The third kappa shape index (κ3) is 2.22. The van der Waals surface area contributed by atoms with Gasteiger partial charge in [-0.3, -0.25) is 0 Å². The van der Waals surface area contributed by atoms with Crippen molar-refractivity contribution in [3.05, 3.63) is 39.6 Å². The number of rotatable bonds is 2. The van der Waals surface area contributed by atoms with Crippen LogP contribution < -0.4 is 0 Å². The number of aliphatic hydroxyl groups excluding tert-OH is 1. The van der Waals surface area contributed by atoms with Gasteiger partial charge in [-0.25, -0.2) is 4.98 Å². The summed E-state index contributed by atoms with van der Waals surface area (Å²) in [6.07, 6.45) is 1.60. The molecular formula is C10H8BrClN2O. The molecule has 0 aliphatic carbocycles. The van der Waals surface area contributed by atoms with Gasteiger partial charge in [0.2, 0.25) is 0 Å². The fourth-order valence-corrected chi connectivity index (χ4v) is 1.86. The van der Waals surface area contributed by atoms with Gasteiger partial charge in [-0.1, -0.05) is 27.5 Å². The van der Waals surface area contributed by atoms with Crippen LogP contribution in [0.4, 0.5) is 0 Å². The zero-order valence-electron chi connectivity index (χ0n) is 7.67. The molecule has 0 saturated heterocycles. The molecule has 0 aliphatic heterocycles. The van der Waals surface area contributed by atoms with Gasteiger partial charge in [-0.2, -0.15) is 0 Å². The molecule has 15 heavy (non-hydrogen) atoms. The highest BCUT2D eigenvalue weighted by Gasteiger charge is 2.07. The highest BCUT2D eigenvalue weighted by Crippen LogP contribution is 2.28. The molecule has 3 nitrogen and oxygen atoms in total. The van der Waals surface area contributed by atoms with Gasteiger partial charge >= 0.3 is 0 Å². The molecule has 0 atom stereocenters. The van der Waals surface area contributed by atoms with Crippen LogP contribution in [-0.4, -0.2) is 15.1 Å². The summed E-state index contributed by atoms with van der Waals surface area (Å²) < 4.78 is 0.908. The van der Waals surface area contributed by atoms with Gasteiger partial charge in [0.25, 0.3) is 0 Å². The number of nitrogens with one attached hydrogen (secondary N) is 1. The normalized spacial score (nSPS) is 10.6. The van der Waals surface area contributed by atoms with Crippen molar-refractivity contribution in [2.24, 2.45) is 0 Å². The molecule has 0 fully saturated rings. The first kappa shape index (κ1) is 10.7. The van der Waals surface area contributed by atoms with E-state index in [0.717, 1.165) is 10.0 Å². The Labute approximate surface area is 100 Å². The molecule has 5 heteroatoms. The predicted octanol–water partition coefficient (Wildman–Crippen LogP) is 2.98. The number of halogens is 2. The summed E-state index contributed by atoms with van der Waals surface area (Å²) in [4.78, 5) is 7.15. The van der Waals surface area contributed by atoms with E-state index < -0.39 is 0 Å². The summed E-state index contributed by atoms with van der Waals surface area (Å²) in [6, 6.07) is 5.47. The monoisotopic (exact) mass is 286 g/mol. The summed E-state index contributed by atoms with van der Waals surface area (Å²) in [5, 5.41) is 9.56. The number of hydrogen-bond acceptors (Lipinski definition) is 2. The molecule has 0 aliphatic rings. The molecule has 1 heterocycles. The van der Waals surface area contributed by atoms with Crippen molar-refractivity contribution in [2.45, 2.75) is 6.61 Å². The maximum atomic E-state index is 8.91. The first-order valence-corrected chi connectivity index (χ1v) is 5.48. The molecule has 2 aromatic rings. The maximum absolute atomic E-state index is 8.91. The molecule has 0 bridgehead atoms. The SMILES string of the molecule is OCc1cnc(-c2cc(Cl)ccc2Br)[nH]1. The first-order chi connectivity index (χ1) is 7.20. The molecule has 0 saturated carbocycles. The van der Waals surface area contributed by atoms with Crippen molar-refractivity contribution in [2.75, 3.05) is 0 Å². The average molecular weight is 288 g/mol. The number of aliphatic hydroxyl groups is 1. The fraction of sp³-hybridized carbons (Fsp3) is 0.100. The lowest BCUT2D eigenvalue weighted by molar-refractivity contribution is 0.277. The third-order valence-electron chi connectivity index (χ3n) is 1.98. The molecule has 0 amide bonds. The van der Waals surface area contributed by atoms with Gasteiger partial charge in [0.1, 0.15) is 5.82 Å². The van der Waals surface area contributed by atoms with E-state index in [0.29, 0.717) is 16.5 Å². The molecule has 2 rings (SSSR count). The third-order valence-corrected chi connectivity index (χ3v) is 2.91. The van der Waals surface area contributed by atoms with E-state index in [1.54, 1.807) is 12.3 Å². The Hall–Kier alpha value is -0.840. The smallest absolute Gasteiger partial charge is 0.138 e. The van der Waals surface area contributed by atoms with Crippen LogP contribution in [0.25, 0.3) is 11.4 Å². The standard InChI is InChI=1S/C10H8BrClN2O/c11-9-2-1-6(12)3-8(9)10-13-4-7(5-15)14-10/h1-4,15H,5H2,(H,13,14). The number of nitrogens with zero attached hydrogens (tertiary/aromatic N) is 1. The van der Waals surface area contributed by atoms with Crippen molar-refractivity contribution in [1.82, 2.24) is 9.97 Å². The van der Waals surface area contributed by atoms with Gasteiger partial charge in [0.05, 0.1) is 18.5 Å². The lowest BCUT2D eigenvalue weighted by atomic mass is 10.2. The second-order valence-corrected chi connectivity index (χ2v) is 4.33. The van der Waals surface area contributed by atoms with E-state index >= 15 is 0 Å². The molecule has 1 aromatic heterocycles. The van der Waals surface area contributed by atoms with E-state index in [1.807, 2.05) is 12.1 Å². The number of hydrogen-bond donors (Lipinski definition) is 2. The van der Waals surface area contributed by atoms with E-state index in [4.69, 9.17) is 16.7 Å². The summed E-state index contributed by atoms with van der Waals surface area (Å²) in [5.41, 5.74) is 1.55. The zero-order chi connectivity index (χ0) is 10.8.